The minimum atomic E-state index is -0.563. The Morgan fingerprint density at radius 2 is 2.25 bits per heavy atom. The summed E-state index contributed by atoms with van der Waals surface area (Å²) in [5.41, 5.74) is 0.0675. The number of hydrogen-bond acceptors (Lipinski definition) is 4. The van der Waals surface area contributed by atoms with Crippen molar-refractivity contribution in [2.24, 2.45) is 5.92 Å². The molecular formula is C13H15ClN2O4. The molecule has 7 heteroatoms. The number of nitrogens with zero attached hydrogens (tertiary/aromatic N) is 2. The first-order valence-corrected chi connectivity index (χ1v) is 6.69. The van der Waals surface area contributed by atoms with Crippen LogP contribution in [-0.2, 0) is 0 Å². The molecule has 1 aromatic rings. The number of rotatable bonds is 2. The molecule has 2 rings (SSSR count). The molecule has 1 aliphatic heterocycles. The first-order valence-electron chi connectivity index (χ1n) is 6.31. The lowest BCUT2D eigenvalue weighted by atomic mass is 9.95. The van der Waals surface area contributed by atoms with Gasteiger partial charge in [-0.25, -0.2) is 0 Å². The molecule has 1 N–H and O–H groups in total. The van der Waals surface area contributed by atoms with E-state index in [1.165, 1.54) is 17.0 Å². The number of nitro benzene ring substituents is 1. The molecule has 0 saturated carbocycles. The van der Waals surface area contributed by atoms with Gasteiger partial charge in [0.15, 0.2) is 0 Å². The van der Waals surface area contributed by atoms with Crippen molar-refractivity contribution < 1.29 is 14.8 Å². The fourth-order valence-corrected chi connectivity index (χ4v) is 2.45. The van der Waals surface area contributed by atoms with Crippen LogP contribution < -0.4 is 0 Å². The van der Waals surface area contributed by atoms with Gasteiger partial charge < -0.3 is 10.0 Å². The van der Waals surface area contributed by atoms with Gasteiger partial charge in [0, 0.05) is 25.2 Å². The number of piperidine rings is 1. The number of aliphatic hydroxyl groups is 1. The van der Waals surface area contributed by atoms with Crippen molar-refractivity contribution in [1.29, 1.82) is 0 Å². The first-order chi connectivity index (χ1) is 9.40. The number of nitro groups is 1. The molecule has 0 aromatic heterocycles. The SMILES string of the molecule is CC1CCN(C(=O)c2ccc([N+](=O)[O-])cc2Cl)CC1O. The Morgan fingerprint density at radius 3 is 2.80 bits per heavy atom. The third-order valence-electron chi connectivity index (χ3n) is 3.60. The summed E-state index contributed by atoms with van der Waals surface area (Å²) >= 11 is 5.94. The van der Waals surface area contributed by atoms with Crippen LogP contribution in [0.2, 0.25) is 5.02 Å². The summed E-state index contributed by atoms with van der Waals surface area (Å²) in [6.45, 7) is 2.74. The molecule has 108 valence electrons. The molecule has 1 saturated heterocycles. The standard InChI is InChI=1S/C13H15ClN2O4/c1-8-4-5-15(7-12(8)17)13(18)10-3-2-9(16(19)20)6-11(10)14/h2-3,6,8,12,17H,4-5,7H2,1H3. The minimum absolute atomic E-state index is 0.0531. The molecule has 2 atom stereocenters. The quantitative estimate of drug-likeness (QED) is 0.669. The molecule has 2 unspecified atom stereocenters. The second kappa shape index (κ2) is 5.76. The predicted molar refractivity (Wildman–Crippen MR) is 73.8 cm³/mol. The van der Waals surface area contributed by atoms with E-state index in [-0.39, 0.29) is 34.6 Å². The van der Waals surface area contributed by atoms with Gasteiger partial charge in [-0.05, 0) is 18.4 Å². The molecule has 1 heterocycles. The number of halogens is 1. The van der Waals surface area contributed by atoms with Crippen LogP contribution in [0.25, 0.3) is 0 Å². The Hall–Kier alpha value is -1.66. The van der Waals surface area contributed by atoms with Crippen LogP contribution in [0.1, 0.15) is 23.7 Å². The zero-order valence-corrected chi connectivity index (χ0v) is 11.7. The number of benzene rings is 1. The number of hydrogen-bond donors (Lipinski definition) is 1. The van der Waals surface area contributed by atoms with E-state index in [0.29, 0.717) is 6.54 Å². The van der Waals surface area contributed by atoms with Crippen LogP contribution in [0, 0.1) is 16.0 Å². The molecule has 0 aliphatic carbocycles. The molecule has 1 aromatic carbocycles. The lowest BCUT2D eigenvalue weighted by molar-refractivity contribution is -0.384. The van der Waals surface area contributed by atoms with Gasteiger partial charge in [0.2, 0.25) is 0 Å². The van der Waals surface area contributed by atoms with Gasteiger partial charge >= 0.3 is 0 Å². The van der Waals surface area contributed by atoms with Gasteiger partial charge in [-0.15, -0.1) is 0 Å². The third-order valence-corrected chi connectivity index (χ3v) is 3.91. The second-order valence-corrected chi connectivity index (χ2v) is 5.41. The van der Waals surface area contributed by atoms with Crippen molar-refractivity contribution >= 4 is 23.2 Å². The lowest BCUT2D eigenvalue weighted by Crippen LogP contribution is -2.45. The third kappa shape index (κ3) is 2.91. The molecule has 1 fully saturated rings. The van der Waals surface area contributed by atoms with E-state index in [1.54, 1.807) is 0 Å². The maximum atomic E-state index is 12.3. The van der Waals surface area contributed by atoms with Crippen LogP contribution in [0.15, 0.2) is 18.2 Å². The van der Waals surface area contributed by atoms with Crippen molar-refractivity contribution in [3.63, 3.8) is 0 Å². The van der Waals surface area contributed by atoms with Gasteiger partial charge in [0.25, 0.3) is 11.6 Å². The van der Waals surface area contributed by atoms with E-state index < -0.39 is 11.0 Å². The fourth-order valence-electron chi connectivity index (χ4n) is 2.19. The average Bonchev–Trinajstić information content (AvgIpc) is 2.41. The highest BCUT2D eigenvalue weighted by Gasteiger charge is 2.29. The van der Waals surface area contributed by atoms with Gasteiger partial charge in [-0.2, -0.15) is 0 Å². The number of carbonyl (C=O) groups excluding carboxylic acids is 1. The topological polar surface area (TPSA) is 83.7 Å². The van der Waals surface area contributed by atoms with Crippen molar-refractivity contribution in [2.75, 3.05) is 13.1 Å². The Labute approximate surface area is 121 Å². The van der Waals surface area contributed by atoms with Crippen LogP contribution in [0.5, 0.6) is 0 Å². The Balaban J connectivity index is 2.19. The predicted octanol–water partition coefficient (Wildman–Crippen LogP) is 2.09. The maximum absolute atomic E-state index is 12.3. The van der Waals surface area contributed by atoms with Gasteiger partial charge in [0.05, 0.1) is 21.6 Å². The highest BCUT2D eigenvalue weighted by Crippen LogP contribution is 2.25. The lowest BCUT2D eigenvalue weighted by Gasteiger charge is -2.34. The molecule has 20 heavy (non-hydrogen) atoms. The number of likely N-dealkylation sites (tertiary alicyclic amines) is 1. The largest absolute Gasteiger partial charge is 0.391 e. The summed E-state index contributed by atoms with van der Waals surface area (Å²) in [6.07, 6.45) is 0.168. The van der Waals surface area contributed by atoms with Crippen LogP contribution in [-0.4, -0.2) is 40.0 Å². The first kappa shape index (κ1) is 14.7. The van der Waals surface area contributed by atoms with Crippen molar-refractivity contribution in [3.05, 3.63) is 38.9 Å². The van der Waals surface area contributed by atoms with Crippen molar-refractivity contribution in [1.82, 2.24) is 4.90 Å². The van der Waals surface area contributed by atoms with Crippen LogP contribution in [0.3, 0.4) is 0 Å². The molecule has 1 amide bonds. The van der Waals surface area contributed by atoms with E-state index >= 15 is 0 Å². The summed E-state index contributed by atoms with van der Waals surface area (Å²) < 4.78 is 0. The molecule has 0 radical (unpaired) electrons. The summed E-state index contributed by atoms with van der Waals surface area (Å²) in [5.74, 6) is -0.151. The van der Waals surface area contributed by atoms with Crippen LogP contribution >= 0.6 is 11.6 Å². The van der Waals surface area contributed by atoms with E-state index in [2.05, 4.69) is 0 Å². The Bertz CT molecular complexity index is 549. The zero-order chi connectivity index (χ0) is 14.9. The van der Waals surface area contributed by atoms with Crippen molar-refractivity contribution in [2.45, 2.75) is 19.4 Å². The Kier molecular flexibility index (Phi) is 4.25. The minimum Gasteiger partial charge on any atom is -0.391 e. The van der Waals surface area contributed by atoms with Crippen molar-refractivity contribution in [3.8, 4) is 0 Å². The molecule has 0 spiro atoms. The van der Waals surface area contributed by atoms with E-state index in [1.807, 2.05) is 6.92 Å². The monoisotopic (exact) mass is 298 g/mol. The molecule has 0 bridgehead atoms. The highest BCUT2D eigenvalue weighted by molar-refractivity contribution is 6.34. The normalized spacial score (nSPS) is 22.6. The maximum Gasteiger partial charge on any atom is 0.270 e. The molecule has 1 aliphatic rings. The zero-order valence-electron chi connectivity index (χ0n) is 11.0. The van der Waals surface area contributed by atoms with Gasteiger partial charge in [0.1, 0.15) is 0 Å². The molecular weight excluding hydrogens is 284 g/mol. The summed E-state index contributed by atoms with van der Waals surface area (Å²) in [7, 11) is 0. The van der Waals surface area contributed by atoms with E-state index in [9.17, 15) is 20.0 Å². The number of non-ortho nitro benzene ring substituents is 1. The van der Waals surface area contributed by atoms with E-state index in [4.69, 9.17) is 11.6 Å². The smallest absolute Gasteiger partial charge is 0.270 e. The number of aliphatic hydroxyl groups excluding tert-OH is 1. The summed E-state index contributed by atoms with van der Waals surface area (Å²) in [5, 5.41) is 20.5. The molecule has 6 nitrogen and oxygen atoms in total. The second-order valence-electron chi connectivity index (χ2n) is 5.01. The highest BCUT2D eigenvalue weighted by atomic mass is 35.5. The number of amides is 1. The fraction of sp³-hybridized carbons (Fsp3) is 0.462. The van der Waals surface area contributed by atoms with E-state index in [0.717, 1.165) is 12.5 Å². The summed E-state index contributed by atoms with van der Waals surface area (Å²) in [4.78, 5) is 23.9. The average molecular weight is 299 g/mol. The Morgan fingerprint density at radius 1 is 1.55 bits per heavy atom. The number of β-amino-alcohol motifs (C(OH)–C–C–N with tert-alkyl or cyclic N) is 1. The van der Waals surface area contributed by atoms with Gasteiger partial charge in [-0.1, -0.05) is 18.5 Å². The number of carbonyl (C=O) groups is 1. The van der Waals surface area contributed by atoms with Gasteiger partial charge in [-0.3, -0.25) is 14.9 Å². The summed E-state index contributed by atoms with van der Waals surface area (Å²) in [6, 6.07) is 3.77. The van der Waals surface area contributed by atoms with Crippen LogP contribution in [0.4, 0.5) is 5.69 Å².